The molecule has 0 fully saturated rings. The topological polar surface area (TPSA) is 111 Å². The van der Waals surface area contributed by atoms with E-state index in [1.54, 1.807) is 19.1 Å². The van der Waals surface area contributed by atoms with Crippen molar-refractivity contribution in [2.24, 2.45) is 0 Å². The summed E-state index contributed by atoms with van der Waals surface area (Å²) in [5.74, 6) is -1.06. The highest BCUT2D eigenvalue weighted by Crippen LogP contribution is 2.19. The summed E-state index contributed by atoms with van der Waals surface area (Å²) < 4.78 is 20.0. The first-order chi connectivity index (χ1) is 12.0. The lowest BCUT2D eigenvalue weighted by atomic mass is 10.2. The Morgan fingerprint density at radius 2 is 2.00 bits per heavy atom. The fraction of sp³-hybridized carbons (Fsp3) is 0.375. The molecule has 0 saturated carbocycles. The van der Waals surface area contributed by atoms with Gasteiger partial charge in [-0.3, -0.25) is 0 Å². The van der Waals surface area contributed by atoms with Crippen LogP contribution in [0.4, 0.5) is 0 Å². The molecule has 0 saturated heterocycles. The number of carbonyl (C=O) groups is 2. The first-order valence-electron chi connectivity index (χ1n) is 7.43. The van der Waals surface area contributed by atoms with E-state index in [0.717, 1.165) is 0 Å². The number of hydrogen-bond acceptors (Lipinski definition) is 8. The van der Waals surface area contributed by atoms with Crippen LogP contribution in [-0.4, -0.2) is 44.4 Å². The minimum Gasteiger partial charge on any atom is -0.618 e. The van der Waals surface area contributed by atoms with Gasteiger partial charge in [0, 0.05) is 7.11 Å². The monoisotopic (exact) mass is 350 g/mol. The molecule has 134 valence electrons. The fourth-order valence-electron chi connectivity index (χ4n) is 2.13. The Balaban J connectivity index is 2.51. The maximum Gasteiger partial charge on any atom is 0.407 e. The molecule has 0 spiro atoms. The number of methoxy groups -OCH3 is 2. The summed E-state index contributed by atoms with van der Waals surface area (Å²) in [6.45, 7) is 1.08. The Kier molecular flexibility index (Phi) is 6.07. The predicted molar refractivity (Wildman–Crippen MR) is 84.9 cm³/mol. The molecular formula is C16H18N2O7. The molecule has 9 nitrogen and oxygen atoms in total. The number of esters is 2. The standard InChI is InChI=1S/C16H18N2O7/c1-4-24-16(20)15-12(8-25-14(19)9-22-2)17-11-6-5-10(23-3)7-13(11)18(15)21/h5-7H,4,8-9H2,1-3H3. The molecule has 0 N–H and O–H groups in total. The van der Waals surface area contributed by atoms with Crippen molar-refractivity contribution in [3.05, 3.63) is 34.8 Å². The van der Waals surface area contributed by atoms with Gasteiger partial charge in [0.25, 0.3) is 0 Å². The van der Waals surface area contributed by atoms with Crippen LogP contribution in [0.25, 0.3) is 11.0 Å². The van der Waals surface area contributed by atoms with Gasteiger partial charge in [-0.2, -0.15) is 4.73 Å². The Hall–Kier alpha value is -2.94. The van der Waals surface area contributed by atoms with E-state index in [2.05, 4.69) is 9.72 Å². The number of carbonyl (C=O) groups excluding carboxylic acids is 2. The van der Waals surface area contributed by atoms with E-state index in [0.29, 0.717) is 16.0 Å². The van der Waals surface area contributed by atoms with Crippen molar-refractivity contribution in [3.63, 3.8) is 0 Å². The number of hydrogen-bond donors (Lipinski definition) is 0. The molecule has 0 unspecified atom stereocenters. The van der Waals surface area contributed by atoms with E-state index >= 15 is 0 Å². The zero-order valence-electron chi connectivity index (χ0n) is 14.1. The molecule has 0 radical (unpaired) electrons. The predicted octanol–water partition coefficient (Wildman–Crippen LogP) is 0.743. The lowest BCUT2D eigenvalue weighted by Crippen LogP contribution is -2.39. The van der Waals surface area contributed by atoms with E-state index in [1.165, 1.54) is 20.3 Å². The molecule has 2 aromatic rings. The van der Waals surface area contributed by atoms with Gasteiger partial charge in [-0.25, -0.2) is 14.6 Å². The Bertz CT molecular complexity index is 792. The van der Waals surface area contributed by atoms with Crippen molar-refractivity contribution >= 4 is 23.0 Å². The molecule has 0 amide bonds. The quantitative estimate of drug-likeness (QED) is 0.408. The minimum absolute atomic E-state index is 0.00410. The summed E-state index contributed by atoms with van der Waals surface area (Å²) in [4.78, 5) is 27.9. The van der Waals surface area contributed by atoms with Crippen LogP contribution in [0.1, 0.15) is 23.1 Å². The first kappa shape index (κ1) is 18.4. The highest BCUT2D eigenvalue weighted by atomic mass is 16.6. The molecule has 0 aliphatic heterocycles. The number of rotatable bonds is 7. The van der Waals surface area contributed by atoms with Crippen LogP contribution in [0.5, 0.6) is 5.75 Å². The van der Waals surface area contributed by atoms with Gasteiger partial charge in [-0.1, -0.05) is 0 Å². The molecule has 1 heterocycles. The number of benzene rings is 1. The first-order valence-corrected chi connectivity index (χ1v) is 7.43. The molecule has 0 aliphatic carbocycles. The van der Waals surface area contributed by atoms with E-state index in [4.69, 9.17) is 14.2 Å². The highest BCUT2D eigenvalue weighted by molar-refractivity contribution is 5.88. The van der Waals surface area contributed by atoms with Crippen molar-refractivity contribution in [2.45, 2.75) is 13.5 Å². The molecule has 1 aromatic carbocycles. The zero-order chi connectivity index (χ0) is 18.4. The summed E-state index contributed by atoms with van der Waals surface area (Å²) in [7, 11) is 2.80. The van der Waals surface area contributed by atoms with Crippen molar-refractivity contribution in [1.82, 2.24) is 4.98 Å². The summed E-state index contributed by atoms with van der Waals surface area (Å²) in [6, 6.07) is 4.65. The van der Waals surface area contributed by atoms with Gasteiger partial charge in [-0.15, -0.1) is 0 Å². The van der Waals surface area contributed by atoms with Crippen molar-refractivity contribution in [3.8, 4) is 5.75 Å². The summed E-state index contributed by atoms with van der Waals surface area (Å²) in [5.41, 5.74) is 0.111. The van der Waals surface area contributed by atoms with E-state index in [1.807, 2.05) is 0 Å². The van der Waals surface area contributed by atoms with Crippen LogP contribution >= 0.6 is 0 Å². The maximum atomic E-state index is 12.7. The lowest BCUT2D eigenvalue weighted by Gasteiger charge is -2.12. The molecule has 0 aliphatic rings. The number of fused-ring (bicyclic) bond motifs is 1. The lowest BCUT2D eigenvalue weighted by molar-refractivity contribution is -0.581. The number of nitrogens with zero attached hydrogens (tertiary/aromatic N) is 2. The average molecular weight is 350 g/mol. The van der Waals surface area contributed by atoms with Crippen molar-refractivity contribution in [2.75, 3.05) is 27.4 Å². The Morgan fingerprint density at radius 1 is 1.24 bits per heavy atom. The molecule has 25 heavy (non-hydrogen) atoms. The van der Waals surface area contributed by atoms with Crippen LogP contribution in [-0.2, 0) is 25.6 Å². The molecule has 9 heteroatoms. The second kappa shape index (κ2) is 8.25. The number of ether oxygens (including phenoxy) is 4. The van der Waals surface area contributed by atoms with Crippen LogP contribution in [0, 0.1) is 5.21 Å². The van der Waals surface area contributed by atoms with E-state index < -0.39 is 11.9 Å². The van der Waals surface area contributed by atoms with Crippen LogP contribution in [0.15, 0.2) is 18.2 Å². The minimum atomic E-state index is -0.854. The van der Waals surface area contributed by atoms with Gasteiger partial charge in [0.2, 0.25) is 5.52 Å². The normalized spacial score (nSPS) is 10.5. The smallest absolute Gasteiger partial charge is 0.407 e. The summed E-state index contributed by atoms with van der Waals surface area (Å²) in [5, 5.41) is 12.7. The maximum absolute atomic E-state index is 12.7. The van der Waals surface area contributed by atoms with Crippen LogP contribution in [0.2, 0.25) is 0 Å². The van der Waals surface area contributed by atoms with Crippen LogP contribution in [0.3, 0.4) is 0 Å². The van der Waals surface area contributed by atoms with E-state index in [9.17, 15) is 14.8 Å². The SMILES string of the molecule is CCOC(=O)c1c(COC(=O)COC)nc2ccc(OC)cc2[n+]1[O-]. The summed E-state index contributed by atoms with van der Waals surface area (Å²) in [6.07, 6.45) is 0. The second-order valence-corrected chi connectivity index (χ2v) is 4.87. The van der Waals surface area contributed by atoms with Crippen molar-refractivity contribution < 1.29 is 33.3 Å². The molecule has 1 aromatic heterocycles. The third-order valence-corrected chi connectivity index (χ3v) is 3.23. The van der Waals surface area contributed by atoms with E-state index in [-0.39, 0.29) is 36.7 Å². The molecular weight excluding hydrogens is 332 g/mol. The Labute approximate surface area is 143 Å². The third kappa shape index (κ3) is 4.13. The second-order valence-electron chi connectivity index (χ2n) is 4.87. The van der Waals surface area contributed by atoms with Gasteiger partial charge < -0.3 is 24.2 Å². The third-order valence-electron chi connectivity index (χ3n) is 3.23. The van der Waals surface area contributed by atoms with Gasteiger partial charge in [0.1, 0.15) is 24.5 Å². The summed E-state index contributed by atoms with van der Waals surface area (Å²) >= 11 is 0. The number of aromatic nitrogens is 2. The van der Waals surface area contributed by atoms with Crippen molar-refractivity contribution in [1.29, 1.82) is 0 Å². The van der Waals surface area contributed by atoms with Crippen LogP contribution < -0.4 is 9.47 Å². The largest absolute Gasteiger partial charge is 0.618 e. The fourth-order valence-corrected chi connectivity index (χ4v) is 2.13. The average Bonchev–Trinajstić information content (AvgIpc) is 2.60. The highest BCUT2D eigenvalue weighted by Gasteiger charge is 2.28. The molecule has 0 atom stereocenters. The zero-order valence-corrected chi connectivity index (χ0v) is 14.1. The van der Waals surface area contributed by atoms with Gasteiger partial charge in [0.05, 0.1) is 19.8 Å². The van der Waals surface area contributed by atoms with Gasteiger partial charge >= 0.3 is 17.6 Å². The molecule has 2 rings (SSSR count). The van der Waals surface area contributed by atoms with Gasteiger partial charge in [0.15, 0.2) is 5.69 Å². The van der Waals surface area contributed by atoms with Gasteiger partial charge in [-0.05, 0) is 19.1 Å². The molecule has 0 bridgehead atoms. The Morgan fingerprint density at radius 3 is 2.64 bits per heavy atom.